The van der Waals surface area contributed by atoms with Crippen LogP contribution in [0.1, 0.15) is 56.7 Å². The maximum atomic E-state index is 14.0. The minimum Gasteiger partial charge on any atom is -0.507 e. The van der Waals surface area contributed by atoms with Gasteiger partial charge in [-0.25, -0.2) is 0 Å². The summed E-state index contributed by atoms with van der Waals surface area (Å²) in [7, 11) is 0. The maximum absolute atomic E-state index is 14.0. The molecule has 1 fully saturated rings. The number of carbonyl (C=O) groups excluding carboxylic acids is 1. The van der Waals surface area contributed by atoms with Crippen molar-refractivity contribution in [3.8, 4) is 5.75 Å². The van der Waals surface area contributed by atoms with Crippen LogP contribution < -0.4 is 10.6 Å². The fourth-order valence-electron chi connectivity index (χ4n) is 5.63. The highest BCUT2D eigenvalue weighted by atomic mass is 79.9. The van der Waals surface area contributed by atoms with E-state index in [-0.39, 0.29) is 17.7 Å². The molecule has 0 radical (unpaired) electrons. The van der Waals surface area contributed by atoms with Crippen molar-refractivity contribution < 1.29 is 9.90 Å². The van der Waals surface area contributed by atoms with E-state index < -0.39 is 0 Å². The van der Waals surface area contributed by atoms with E-state index in [1.807, 2.05) is 6.07 Å². The summed E-state index contributed by atoms with van der Waals surface area (Å²) in [5.74, 6) is 0.707. The van der Waals surface area contributed by atoms with Gasteiger partial charge in [0.2, 0.25) is 0 Å². The molecule has 5 nitrogen and oxygen atoms in total. The summed E-state index contributed by atoms with van der Waals surface area (Å²) in [5.41, 5.74) is 8.70. The van der Waals surface area contributed by atoms with Gasteiger partial charge in [-0.1, -0.05) is 47.5 Å². The molecule has 0 unspecified atom stereocenters. The fraction of sp³-hybridized carbons (Fsp3) is 0.344. The number of hydrogen-bond donors (Lipinski definition) is 3. The predicted octanol–water partition coefficient (Wildman–Crippen LogP) is 7.17. The molecular formula is C32H36BrN3O2S. The standard InChI is InChI=1S/C32H36BrN3O2S/c1-19-5-7-23(8-6-19)17-36-27-16-26(33)29(37)15-25(27)30(32(38)35-24-9-11-34-12-10-24)28(36)18-39-31-21(3)13-20(2)14-22(31)4/h5-8,13-16,24,34,37H,9-12,17-18H2,1-4H3,(H,35,38). The van der Waals surface area contributed by atoms with Crippen molar-refractivity contribution in [3.63, 3.8) is 0 Å². The fourth-order valence-corrected chi connectivity index (χ4v) is 7.12. The van der Waals surface area contributed by atoms with Crippen molar-refractivity contribution in [2.24, 2.45) is 0 Å². The molecular weight excluding hydrogens is 570 g/mol. The van der Waals surface area contributed by atoms with Gasteiger partial charge >= 0.3 is 0 Å². The first kappa shape index (κ1) is 27.8. The zero-order valence-corrected chi connectivity index (χ0v) is 25.4. The maximum Gasteiger partial charge on any atom is 0.253 e. The predicted molar refractivity (Wildman–Crippen MR) is 165 cm³/mol. The van der Waals surface area contributed by atoms with Crippen LogP contribution in [0.3, 0.4) is 0 Å². The van der Waals surface area contributed by atoms with Gasteiger partial charge in [0, 0.05) is 34.3 Å². The second-order valence-electron chi connectivity index (χ2n) is 10.7. The number of piperidine rings is 1. The molecule has 3 aromatic carbocycles. The third kappa shape index (κ3) is 6.06. The highest BCUT2D eigenvalue weighted by Crippen LogP contribution is 2.38. The Balaban J connectivity index is 1.64. The van der Waals surface area contributed by atoms with E-state index in [4.69, 9.17) is 0 Å². The molecule has 4 aromatic rings. The Labute approximate surface area is 243 Å². The molecule has 39 heavy (non-hydrogen) atoms. The van der Waals surface area contributed by atoms with Crippen molar-refractivity contribution in [1.29, 1.82) is 0 Å². The number of benzene rings is 3. The molecule has 204 valence electrons. The number of hydrogen-bond acceptors (Lipinski definition) is 4. The molecule has 3 N–H and O–H groups in total. The van der Waals surface area contributed by atoms with Crippen molar-refractivity contribution in [2.75, 3.05) is 13.1 Å². The minimum atomic E-state index is -0.0655. The summed E-state index contributed by atoms with van der Waals surface area (Å²) in [6.45, 7) is 11.0. The summed E-state index contributed by atoms with van der Waals surface area (Å²) in [6, 6.07) is 16.8. The first-order valence-electron chi connectivity index (χ1n) is 13.5. The normalized spacial score (nSPS) is 14.2. The van der Waals surface area contributed by atoms with Crippen LogP contribution in [0.15, 0.2) is 57.9 Å². The average molecular weight is 607 g/mol. The minimum absolute atomic E-state index is 0.0655. The van der Waals surface area contributed by atoms with Gasteiger partial charge in [0.25, 0.3) is 5.91 Å². The van der Waals surface area contributed by atoms with E-state index in [1.165, 1.54) is 32.7 Å². The summed E-state index contributed by atoms with van der Waals surface area (Å²) < 4.78 is 2.88. The topological polar surface area (TPSA) is 66.3 Å². The van der Waals surface area contributed by atoms with Crippen LogP contribution in [-0.2, 0) is 12.3 Å². The number of aryl methyl sites for hydroxylation is 4. The first-order valence-corrected chi connectivity index (χ1v) is 15.3. The quantitative estimate of drug-likeness (QED) is 0.195. The summed E-state index contributed by atoms with van der Waals surface area (Å²) in [5, 5.41) is 18.1. The SMILES string of the molecule is Cc1ccc(Cn2c(CSc3c(C)cc(C)cc3C)c(C(=O)NC3CCNCC3)c3cc(O)c(Br)cc32)cc1. The lowest BCUT2D eigenvalue weighted by Gasteiger charge is -2.24. The number of fused-ring (bicyclic) bond motifs is 1. The van der Waals surface area contributed by atoms with Gasteiger partial charge in [-0.05, 0) is 98.4 Å². The van der Waals surface area contributed by atoms with Crippen LogP contribution in [-0.4, -0.2) is 34.7 Å². The molecule has 1 aliphatic rings. The Morgan fingerprint density at radius 3 is 2.36 bits per heavy atom. The van der Waals surface area contributed by atoms with Crippen molar-refractivity contribution in [1.82, 2.24) is 15.2 Å². The molecule has 0 aliphatic carbocycles. The highest BCUT2D eigenvalue weighted by molar-refractivity contribution is 9.10. The molecule has 7 heteroatoms. The van der Waals surface area contributed by atoms with Crippen LogP contribution in [0.2, 0.25) is 0 Å². The largest absolute Gasteiger partial charge is 0.507 e. The number of halogens is 1. The number of carbonyl (C=O) groups is 1. The lowest BCUT2D eigenvalue weighted by molar-refractivity contribution is 0.0930. The molecule has 0 saturated carbocycles. The Morgan fingerprint density at radius 1 is 1.03 bits per heavy atom. The monoisotopic (exact) mass is 605 g/mol. The zero-order valence-electron chi connectivity index (χ0n) is 23.0. The van der Waals surface area contributed by atoms with Crippen LogP contribution >= 0.6 is 27.7 Å². The van der Waals surface area contributed by atoms with E-state index in [9.17, 15) is 9.90 Å². The molecule has 2 heterocycles. The van der Waals surface area contributed by atoms with Gasteiger partial charge in [0.15, 0.2) is 0 Å². The van der Waals surface area contributed by atoms with Crippen LogP contribution in [0, 0.1) is 27.7 Å². The number of aromatic nitrogens is 1. The van der Waals surface area contributed by atoms with Gasteiger partial charge in [0.1, 0.15) is 5.75 Å². The average Bonchev–Trinajstić information content (AvgIpc) is 3.17. The van der Waals surface area contributed by atoms with E-state index in [0.29, 0.717) is 22.3 Å². The van der Waals surface area contributed by atoms with E-state index in [2.05, 4.69) is 95.2 Å². The van der Waals surface area contributed by atoms with Crippen LogP contribution in [0.25, 0.3) is 10.9 Å². The lowest BCUT2D eigenvalue weighted by atomic mass is 10.0. The second-order valence-corrected chi connectivity index (χ2v) is 12.6. The molecule has 1 amide bonds. The van der Waals surface area contributed by atoms with Crippen molar-refractivity contribution >= 4 is 44.5 Å². The molecule has 1 aromatic heterocycles. The summed E-state index contributed by atoms with van der Waals surface area (Å²) in [4.78, 5) is 15.2. The van der Waals surface area contributed by atoms with Crippen molar-refractivity contribution in [2.45, 2.75) is 63.8 Å². The third-order valence-corrected chi connectivity index (χ3v) is 9.55. The molecule has 0 bridgehead atoms. The Morgan fingerprint density at radius 2 is 1.69 bits per heavy atom. The Hall–Kier alpha value is -2.74. The Bertz CT molecular complexity index is 1500. The highest BCUT2D eigenvalue weighted by Gasteiger charge is 2.26. The van der Waals surface area contributed by atoms with Gasteiger partial charge < -0.3 is 20.3 Å². The zero-order chi connectivity index (χ0) is 27.7. The number of thioether (sulfide) groups is 1. The third-order valence-electron chi connectivity index (χ3n) is 7.56. The smallest absolute Gasteiger partial charge is 0.253 e. The van der Waals surface area contributed by atoms with Gasteiger partial charge in [-0.2, -0.15) is 0 Å². The molecule has 0 spiro atoms. The summed E-state index contributed by atoms with van der Waals surface area (Å²) >= 11 is 5.30. The van der Waals surface area contributed by atoms with Gasteiger partial charge in [-0.3, -0.25) is 4.79 Å². The molecule has 0 atom stereocenters. The number of phenolic OH excluding ortho intramolecular Hbond substituents is 1. The molecule has 1 aliphatic heterocycles. The van der Waals surface area contributed by atoms with E-state index in [0.717, 1.165) is 42.5 Å². The number of aromatic hydroxyl groups is 1. The number of nitrogens with zero attached hydrogens (tertiary/aromatic N) is 1. The number of phenols is 1. The van der Waals surface area contributed by atoms with Crippen molar-refractivity contribution in [3.05, 3.63) is 92.1 Å². The van der Waals surface area contributed by atoms with Crippen LogP contribution in [0.4, 0.5) is 0 Å². The van der Waals surface area contributed by atoms with Crippen LogP contribution in [0.5, 0.6) is 5.75 Å². The van der Waals surface area contributed by atoms with E-state index >= 15 is 0 Å². The number of nitrogens with one attached hydrogen (secondary N) is 2. The molecule has 5 rings (SSSR count). The lowest BCUT2D eigenvalue weighted by Crippen LogP contribution is -2.42. The second kappa shape index (κ2) is 11.8. The molecule has 1 saturated heterocycles. The summed E-state index contributed by atoms with van der Waals surface area (Å²) in [6.07, 6.45) is 1.83. The van der Waals surface area contributed by atoms with E-state index in [1.54, 1.807) is 17.8 Å². The first-order chi connectivity index (χ1) is 18.7. The van der Waals surface area contributed by atoms with Gasteiger partial charge in [0.05, 0.1) is 15.6 Å². The number of rotatable bonds is 7. The number of amides is 1. The van der Waals surface area contributed by atoms with Gasteiger partial charge in [-0.15, -0.1) is 11.8 Å². The Kier molecular flexibility index (Phi) is 8.40.